The lowest BCUT2D eigenvalue weighted by Gasteiger charge is -2.12. The Balaban J connectivity index is 1.69. The molecular formula is C20H14Cl5N3O4. The Morgan fingerprint density at radius 3 is 2.28 bits per heavy atom. The highest BCUT2D eigenvalue weighted by Crippen LogP contribution is 2.48. The van der Waals surface area contributed by atoms with E-state index in [0.29, 0.717) is 16.8 Å². The molecule has 0 saturated carbocycles. The number of benzene rings is 2. The summed E-state index contributed by atoms with van der Waals surface area (Å²) in [6.45, 7) is 1.63. The van der Waals surface area contributed by atoms with Crippen LogP contribution in [0.1, 0.15) is 27.4 Å². The highest BCUT2D eigenvalue weighted by molar-refractivity contribution is 6.55. The average molecular weight is 538 g/mol. The minimum absolute atomic E-state index is 0.00641. The lowest BCUT2D eigenvalue weighted by Crippen LogP contribution is -2.17. The van der Waals surface area contributed by atoms with E-state index in [9.17, 15) is 4.79 Å². The summed E-state index contributed by atoms with van der Waals surface area (Å²) in [6, 6.07) is 8.00. The lowest BCUT2D eigenvalue weighted by molar-refractivity contribution is 0.0475. The molecular weight excluding hydrogens is 524 g/mol. The van der Waals surface area contributed by atoms with Crippen molar-refractivity contribution in [2.45, 2.75) is 13.5 Å². The third-order valence-electron chi connectivity index (χ3n) is 4.27. The second kappa shape index (κ2) is 10.1. The van der Waals surface area contributed by atoms with Crippen molar-refractivity contribution in [3.05, 3.63) is 78.1 Å². The van der Waals surface area contributed by atoms with Crippen molar-refractivity contribution in [2.24, 2.45) is 10.9 Å². The number of amidine groups is 1. The highest BCUT2D eigenvalue weighted by Gasteiger charge is 2.21. The first-order valence-corrected chi connectivity index (χ1v) is 10.6. The van der Waals surface area contributed by atoms with Gasteiger partial charge in [-0.25, -0.2) is 4.79 Å². The summed E-state index contributed by atoms with van der Waals surface area (Å²) in [5, 5.41) is 3.61. The van der Waals surface area contributed by atoms with Gasteiger partial charge in [-0.3, -0.25) is 0 Å². The van der Waals surface area contributed by atoms with Crippen LogP contribution in [-0.2, 0) is 11.4 Å². The number of hydrogen-bond acceptors (Lipinski definition) is 6. The van der Waals surface area contributed by atoms with Crippen molar-refractivity contribution in [1.82, 2.24) is 0 Å². The number of anilines is 1. The normalized spacial score (nSPS) is 11.5. The molecule has 0 unspecified atom stereocenters. The van der Waals surface area contributed by atoms with E-state index >= 15 is 0 Å². The molecule has 1 heterocycles. The van der Waals surface area contributed by atoms with Crippen LogP contribution < -0.4 is 16.2 Å². The summed E-state index contributed by atoms with van der Waals surface area (Å²) >= 11 is 30.2. The van der Waals surface area contributed by atoms with Gasteiger partial charge in [-0.05, 0) is 30.7 Å². The van der Waals surface area contributed by atoms with Crippen molar-refractivity contribution in [2.75, 3.05) is 5.73 Å². The predicted molar refractivity (Wildman–Crippen MR) is 126 cm³/mol. The SMILES string of the molecule is Cc1c(N)cccc1/C(N)=N/OC(=O)c1ccc(COc2c(Cl)c(Cl)c(Cl)c(Cl)c2Cl)o1. The molecule has 7 nitrogen and oxygen atoms in total. The number of oxime groups is 1. The van der Waals surface area contributed by atoms with Gasteiger partial charge in [0.25, 0.3) is 0 Å². The number of carbonyl (C=O) groups is 1. The molecule has 0 spiro atoms. The molecule has 168 valence electrons. The Hall–Kier alpha value is -2.29. The van der Waals surface area contributed by atoms with Gasteiger partial charge in [0.2, 0.25) is 5.76 Å². The van der Waals surface area contributed by atoms with Crippen molar-refractivity contribution < 1.29 is 18.8 Å². The first-order valence-electron chi connectivity index (χ1n) is 8.75. The van der Waals surface area contributed by atoms with E-state index in [-0.39, 0.29) is 54.8 Å². The van der Waals surface area contributed by atoms with Crippen molar-refractivity contribution in [3.8, 4) is 5.75 Å². The monoisotopic (exact) mass is 535 g/mol. The number of ether oxygens (including phenoxy) is 1. The van der Waals surface area contributed by atoms with Crippen LogP contribution in [0, 0.1) is 6.92 Å². The fourth-order valence-electron chi connectivity index (χ4n) is 2.54. The fraction of sp³-hybridized carbons (Fsp3) is 0.100. The zero-order valence-corrected chi connectivity index (χ0v) is 20.0. The summed E-state index contributed by atoms with van der Waals surface area (Å²) in [5.74, 6) is -0.736. The number of hydrogen-bond donors (Lipinski definition) is 2. The fourth-order valence-corrected chi connectivity index (χ4v) is 3.77. The number of nitrogens with two attached hydrogens (primary N) is 2. The Labute approximate surface area is 207 Å². The molecule has 0 bridgehead atoms. The van der Waals surface area contributed by atoms with E-state index in [1.165, 1.54) is 12.1 Å². The van der Waals surface area contributed by atoms with E-state index in [2.05, 4.69) is 5.16 Å². The van der Waals surface area contributed by atoms with Crippen LogP contribution in [0.15, 0.2) is 39.9 Å². The van der Waals surface area contributed by atoms with Crippen LogP contribution in [0.25, 0.3) is 0 Å². The van der Waals surface area contributed by atoms with Gasteiger partial charge < -0.3 is 25.5 Å². The standard InChI is InChI=1S/C20H14Cl5N3O4/c1-8-10(3-2-4-11(8)26)19(27)28-32-20(29)12-6-5-9(31-12)7-30-18-16(24)14(22)13(21)15(23)17(18)25/h2-6H,7,26H2,1H3,(H2,27,28). The molecule has 0 fully saturated rings. The van der Waals surface area contributed by atoms with Crippen LogP contribution in [0.5, 0.6) is 5.75 Å². The van der Waals surface area contributed by atoms with Crippen LogP contribution in [-0.4, -0.2) is 11.8 Å². The average Bonchev–Trinajstić information content (AvgIpc) is 3.25. The van der Waals surface area contributed by atoms with Crippen molar-refractivity contribution in [1.29, 1.82) is 0 Å². The number of rotatable bonds is 6. The Morgan fingerprint density at radius 2 is 1.62 bits per heavy atom. The highest BCUT2D eigenvalue weighted by atomic mass is 35.5. The topological polar surface area (TPSA) is 113 Å². The molecule has 3 aromatic rings. The Kier molecular flexibility index (Phi) is 7.69. The zero-order valence-electron chi connectivity index (χ0n) is 16.2. The summed E-state index contributed by atoms with van der Waals surface area (Å²) in [5.41, 5.74) is 13.5. The van der Waals surface area contributed by atoms with Crippen molar-refractivity contribution >= 4 is 75.5 Å². The van der Waals surface area contributed by atoms with E-state index < -0.39 is 5.97 Å². The first kappa shape index (κ1) is 24.4. The third-order valence-corrected chi connectivity index (χ3v) is 6.51. The minimum atomic E-state index is -0.866. The van der Waals surface area contributed by atoms with Crippen LogP contribution in [0.2, 0.25) is 25.1 Å². The molecule has 2 aromatic carbocycles. The Morgan fingerprint density at radius 1 is 1.00 bits per heavy atom. The quantitative estimate of drug-likeness (QED) is 0.0706. The smallest absolute Gasteiger partial charge is 0.400 e. The van der Waals surface area contributed by atoms with Gasteiger partial charge in [0.15, 0.2) is 11.6 Å². The number of halogens is 5. The van der Waals surface area contributed by atoms with Crippen LogP contribution in [0.3, 0.4) is 0 Å². The van der Waals surface area contributed by atoms with Crippen molar-refractivity contribution in [3.63, 3.8) is 0 Å². The molecule has 0 aliphatic carbocycles. The maximum Gasteiger partial charge on any atom is 0.400 e. The van der Waals surface area contributed by atoms with Gasteiger partial charge in [0, 0.05) is 11.3 Å². The molecule has 0 amide bonds. The molecule has 0 aliphatic heterocycles. The number of furan rings is 1. The third kappa shape index (κ3) is 5.03. The number of nitrogen functional groups attached to an aromatic ring is 1. The molecule has 0 radical (unpaired) electrons. The summed E-state index contributed by atoms with van der Waals surface area (Å²) in [4.78, 5) is 17.1. The summed E-state index contributed by atoms with van der Waals surface area (Å²) in [6.07, 6.45) is 0. The maximum atomic E-state index is 12.2. The van der Waals surface area contributed by atoms with Gasteiger partial charge in [-0.15, -0.1) is 0 Å². The zero-order chi connectivity index (χ0) is 23.6. The largest absolute Gasteiger partial charge is 0.482 e. The second-order valence-corrected chi connectivity index (χ2v) is 8.22. The minimum Gasteiger partial charge on any atom is -0.482 e. The summed E-state index contributed by atoms with van der Waals surface area (Å²) < 4.78 is 11.0. The summed E-state index contributed by atoms with van der Waals surface area (Å²) in [7, 11) is 0. The second-order valence-electron chi connectivity index (χ2n) is 6.33. The molecule has 1 aromatic heterocycles. The lowest BCUT2D eigenvalue weighted by atomic mass is 10.1. The predicted octanol–water partition coefficient (Wildman–Crippen LogP) is 6.49. The molecule has 0 saturated heterocycles. The van der Waals surface area contributed by atoms with Gasteiger partial charge in [-0.1, -0.05) is 75.3 Å². The van der Waals surface area contributed by atoms with E-state index in [4.69, 9.17) is 83.5 Å². The van der Waals surface area contributed by atoms with E-state index in [1.807, 2.05) is 0 Å². The molecule has 0 atom stereocenters. The molecule has 3 rings (SSSR count). The Bertz CT molecular complexity index is 1200. The van der Waals surface area contributed by atoms with E-state index in [1.54, 1.807) is 25.1 Å². The number of carbonyl (C=O) groups excluding carboxylic acids is 1. The molecule has 32 heavy (non-hydrogen) atoms. The molecule has 12 heteroatoms. The first-order chi connectivity index (χ1) is 15.1. The van der Waals surface area contributed by atoms with E-state index in [0.717, 1.165) is 0 Å². The molecule has 0 aliphatic rings. The van der Waals surface area contributed by atoms with Gasteiger partial charge in [0.1, 0.15) is 22.4 Å². The molecule has 4 N–H and O–H groups in total. The van der Waals surface area contributed by atoms with Crippen LogP contribution in [0.4, 0.5) is 5.69 Å². The van der Waals surface area contributed by atoms with Crippen LogP contribution >= 0.6 is 58.0 Å². The maximum absolute atomic E-state index is 12.2. The van der Waals surface area contributed by atoms with Gasteiger partial charge in [0.05, 0.1) is 15.1 Å². The number of nitrogens with zero attached hydrogens (tertiary/aromatic N) is 1. The van der Waals surface area contributed by atoms with Gasteiger partial charge >= 0.3 is 5.97 Å². The van der Waals surface area contributed by atoms with Gasteiger partial charge in [-0.2, -0.15) is 0 Å².